The fraction of sp³-hybridized carbons (Fsp3) is 1.00. The summed E-state index contributed by atoms with van der Waals surface area (Å²) in [6.07, 6.45) is 1.39. The first-order chi connectivity index (χ1) is 4.30. The van der Waals surface area contributed by atoms with E-state index >= 15 is 0 Å². The molecule has 0 radical (unpaired) electrons. The highest BCUT2D eigenvalue weighted by molar-refractivity contribution is 4.76. The van der Waals surface area contributed by atoms with Crippen molar-refractivity contribution in [1.29, 1.82) is 0 Å². The van der Waals surface area contributed by atoms with Crippen molar-refractivity contribution in [2.75, 3.05) is 13.1 Å². The second-order valence-electron chi connectivity index (χ2n) is 2.56. The molecule has 3 heteroatoms. The molecule has 0 spiro atoms. The zero-order valence-electron chi connectivity index (χ0n) is 5.51. The van der Waals surface area contributed by atoms with Crippen molar-refractivity contribution in [1.82, 2.24) is 5.32 Å². The van der Waals surface area contributed by atoms with Crippen LogP contribution in [0.3, 0.4) is 0 Å². The van der Waals surface area contributed by atoms with Gasteiger partial charge in [0.15, 0.2) is 0 Å². The van der Waals surface area contributed by atoms with Gasteiger partial charge in [-0.05, 0) is 25.9 Å². The number of hydrogen-bond donors (Lipinski definition) is 3. The molecule has 2 atom stereocenters. The molecule has 1 aliphatic rings. The van der Waals surface area contributed by atoms with Crippen LogP contribution in [0, 0.1) is 0 Å². The molecule has 54 valence electrons. The number of rotatable bonds is 0. The smallest absolute Gasteiger partial charge is 0.0703 e. The Morgan fingerprint density at radius 1 is 1.33 bits per heavy atom. The van der Waals surface area contributed by atoms with Crippen molar-refractivity contribution in [3.05, 3.63) is 0 Å². The third-order valence-corrected chi connectivity index (χ3v) is 1.77. The van der Waals surface area contributed by atoms with Crippen LogP contribution in [0.4, 0.5) is 0 Å². The molecule has 1 saturated heterocycles. The second kappa shape index (κ2) is 3.15. The quantitative estimate of drug-likeness (QED) is 0.396. The minimum Gasteiger partial charge on any atom is -0.391 e. The number of nitrogens with two attached hydrogens (primary N) is 1. The van der Waals surface area contributed by atoms with E-state index in [1.165, 1.54) is 0 Å². The van der Waals surface area contributed by atoms with Gasteiger partial charge in [-0.2, -0.15) is 0 Å². The van der Waals surface area contributed by atoms with Crippen LogP contribution in [-0.2, 0) is 0 Å². The van der Waals surface area contributed by atoms with Gasteiger partial charge >= 0.3 is 0 Å². The number of nitrogens with one attached hydrogen (secondary N) is 1. The Hall–Kier alpha value is -0.120. The van der Waals surface area contributed by atoms with Crippen molar-refractivity contribution in [3.8, 4) is 0 Å². The number of hydrogen-bond acceptors (Lipinski definition) is 3. The van der Waals surface area contributed by atoms with Crippen LogP contribution in [0.1, 0.15) is 12.8 Å². The Morgan fingerprint density at radius 3 is 2.78 bits per heavy atom. The van der Waals surface area contributed by atoms with Crippen LogP contribution in [-0.4, -0.2) is 30.3 Å². The molecule has 1 aliphatic heterocycles. The van der Waals surface area contributed by atoms with Crippen molar-refractivity contribution in [2.24, 2.45) is 5.73 Å². The van der Waals surface area contributed by atoms with Crippen LogP contribution < -0.4 is 11.1 Å². The third kappa shape index (κ3) is 1.93. The summed E-state index contributed by atoms with van der Waals surface area (Å²) in [6.45, 7) is 1.84. The lowest BCUT2D eigenvalue weighted by atomic mass is 10.1. The zero-order valence-corrected chi connectivity index (χ0v) is 5.51. The normalized spacial score (nSPS) is 38.0. The molecule has 1 rings (SSSR count). The molecule has 0 aliphatic carbocycles. The average Bonchev–Trinajstić information content (AvgIpc) is 1.99. The Balaban J connectivity index is 2.32. The Bertz CT molecular complexity index is 77.1. The van der Waals surface area contributed by atoms with Crippen LogP contribution in [0.15, 0.2) is 0 Å². The second-order valence-corrected chi connectivity index (χ2v) is 2.56. The molecule has 3 nitrogen and oxygen atoms in total. The summed E-state index contributed by atoms with van der Waals surface area (Å²) in [6, 6.07) is -0.0139. The molecule has 0 unspecified atom stereocenters. The zero-order chi connectivity index (χ0) is 6.69. The van der Waals surface area contributed by atoms with Crippen molar-refractivity contribution < 1.29 is 5.11 Å². The molecule has 9 heavy (non-hydrogen) atoms. The van der Waals surface area contributed by atoms with Gasteiger partial charge in [-0.1, -0.05) is 0 Å². The predicted molar refractivity (Wildman–Crippen MR) is 36.1 cm³/mol. The maximum atomic E-state index is 9.19. The maximum Gasteiger partial charge on any atom is 0.0703 e. The molecular weight excluding hydrogens is 116 g/mol. The first-order valence-electron chi connectivity index (χ1n) is 3.45. The van der Waals surface area contributed by atoms with Crippen molar-refractivity contribution >= 4 is 0 Å². The van der Waals surface area contributed by atoms with Crippen LogP contribution in [0.5, 0.6) is 0 Å². The van der Waals surface area contributed by atoms with Gasteiger partial charge in [0.2, 0.25) is 0 Å². The van der Waals surface area contributed by atoms with E-state index in [0.29, 0.717) is 0 Å². The standard InChI is InChI=1S/C6H14N2O/c7-5-1-3-8-4-2-6(5)9/h5-6,8-9H,1-4,7H2/t5-,6+/m1/s1. The van der Waals surface area contributed by atoms with Gasteiger partial charge in [0.05, 0.1) is 6.10 Å². The van der Waals surface area contributed by atoms with E-state index in [0.717, 1.165) is 25.9 Å². The van der Waals surface area contributed by atoms with Gasteiger partial charge < -0.3 is 16.2 Å². The molecule has 0 saturated carbocycles. The van der Waals surface area contributed by atoms with Crippen molar-refractivity contribution in [2.45, 2.75) is 25.0 Å². The van der Waals surface area contributed by atoms with E-state index in [9.17, 15) is 5.11 Å². The molecule has 1 heterocycles. The molecule has 0 aromatic rings. The third-order valence-electron chi connectivity index (χ3n) is 1.77. The lowest BCUT2D eigenvalue weighted by Gasteiger charge is -2.12. The van der Waals surface area contributed by atoms with Crippen LogP contribution in [0.2, 0.25) is 0 Å². The lowest BCUT2D eigenvalue weighted by Crippen LogP contribution is -2.34. The summed E-state index contributed by atoms with van der Waals surface area (Å²) in [5.74, 6) is 0. The van der Waals surface area contributed by atoms with Gasteiger partial charge in [0.25, 0.3) is 0 Å². The summed E-state index contributed by atoms with van der Waals surface area (Å²) >= 11 is 0. The van der Waals surface area contributed by atoms with Gasteiger partial charge in [0.1, 0.15) is 0 Å². The Labute approximate surface area is 55.2 Å². The Kier molecular flexibility index (Phi) is 2.45. The minimum absolute atomic E-state index is 0.0139. The fourth-order valence-corrected chi connectivity index (χ4v) is 1.05. The van der Waals surface area contributed by atoms with E-state index in [1.54, 1.807) is 0 Å². The summed E-state index contributed by atoms with van der Waals surface area (Å²) in [4.78, 5) is 0. The van der Waals surface area contributed by atoms with Crippen LogP contribution >= 0.6 is 0 Å². The molecule has 1 fully saturated rings. The molecule has 4 N–H and O–H groups in total. The number of aliphatic hydroxyl groups excluding tert-OH is 1. The van der Waals surface area contributed by atoms with E-state index in [-0.39, 0.29) is 12.1 Å². The molecule has 0 aromatic heterocycles. The average molecular weight is 130 g/mol. The first-order valence-corrected chi connectivity index (χ1v) is 3.45. The maximum absolute atomic E-state index is 9.19. The highest BCUT2D eigenvalue weighted by Crippen LogP contribution is 2.02. The van der Waals surface area contributed by atoms with Gasteiger partial charge in [-0.25, -0.2) is 0 Å². The summed E-state index contributed by atoms with van der Waals surface area (Å²) in [7, 11) is 0. The predicted octanol–water partition coefficient (Wildman–Crippen LogP) is -0.942. The fourth-order valence-electron chi connectivity index (χ4n) is 1.05. The molecule has 0 aromatic carbocycles. The SMILES string of the molecule is N[C@@H]1CCNCC[C@@H]1O. The number of aliphatic hydroxyl groups is 1. The summed E-state index contributed by atoms with van der Waals surface area (Å²) < 4.78 is 0. The highest BCUT2D eigenvalue weighted by Gasteiger charge is 2.16. The van der Waals surface area contributed by atoms with E-state index < -0.39 is 0 Å². The highest BCUT2D eigenvalue weighted by atomic mass is 16.3. The molecular formula is C6H14N2O. The van der Waals surface area contributed by atoms with Gasteiger partial charge in [-0.3, -0.25) is 0 Å². The van der Waals surface area contributed by atoms with E-state index in [1.807, 2.05) is 0 Å². The van der Waals surface area contributed by atoms with Crippen molar-refractivity contribution in [3.63, 3.8) is 0 Å². The Morgan fingerprint density at radius 2 is 2.00 bits per heavy atom. The molecule has 0 bridgehead atoms. The minimum atomic E-state index is -0.292. The topological polar surface area (TPSA) is 58.3 Å². The summed E-state index contributed by atoms with van der Waals surface area (Å²) in [5, 5.41) is 12.4. The molecule has 0 amide bonds. The first kappa shape index (κ1) is 6.99. The van der Waals surface area contributed by atoms with Gasteiger partial charge in [-0.15, -0.1) is 0 Å². The van der Waals surface area contributed by atoms with E-state index in [2.05, 4.69) is 5.32 Å². The lowest BCUT2D eigenvalue weighted by molar-refractivity contribution is 0.141. The van der Waals surface area contributed by atoms with E-state index in [4.69, 9.17) is 5.73 Å². The monoisotopic (exact) mass is 130 g/mol. The van der Waals surface area contributed by atoms with Crippen LogP contribution in [0.25, 0.3) is 0 Å². The van der Waals surface area contributed by atoms with Gasteiger partial charge in [0, 0.05) is 6.04 Å². The summed E-state index contributed by atoms with van der Waals surface area (Å²) in [5.41, 5.74) is 5.59. The largest absolute Gasteiger partial charge is 0.391 e.